The molecule has 5 nitrogen and oxygen atoms in total. The number of likely N-dealkylation sites (N-methyl/N-ethyl adjacent to an activating group) is 1. The maximum atomic E-state index is 12.4. The summed E-state index contributed by atoms with van der Waals surface area (Å²) < 4.78 is 0. The van der Waals surface area contributed by atoms with Gasteiger partial charge in [-0.05, 0) is 44.2 Å². The fourth-order valence-electron chi connectivity index (χ4n) is 2.75. The van der Waals surface area contributed by atoms with Crippen molar-refractivity contribution in [1.29, 1.82) is 0 Å². The monoisotopic (exact) mass is 319 g/mol. The minimum Gasteiger partial charge on any atom is -0.358 e. The lowest BCUT2D eigenvalue weighted by molar-refractivity contribution is -0.137. The lowest BCUT2D eigenvalue weighted by Gasteiger charge is -2.30. The Kier molecular flexibility index (Phi) is 10.4. The highest BCUT2D eigenvalue weighted by Gasteiger charge is 2.24. The molecule has 124 valence electrons. The number of hydrogen-bond donors (Lipinski definition) is 2. The Morgan fingerprint density at radius 1 is 1.43 bits per heavy atom. The van der Waals surface area contributed by atoms with Crippen molar-refractivity contribution in [3.63, 3.8) is 0 Å². The van der Waals surface area contributed by atoms with Crippen LogP contribution in [-0.2, 0) is 9.59 Å². The van der Waals surface area contributed by atoms with E-state index in [1.807, 2.05) is 6.92 Å². The number of carbonyl (C=O) groups excluding carboxylic acids is 2. The van der Waals surface area contributed by atoms with Gasteiger partial charge in [0, 0.05) is 20.0 Å². The zero-order chi connectivity index (χ0) is 15.0. The van der Waals surface area contributed by atoms with Gasteiger partial charge in [0.2, 0.25) is 11.8 Å². The van der Waals surface area contributed by atoms with Gasteiger partial charge >= 0.3 is 0 Å². The molecule has 2 amide bonds. The van der Waals surface area contributed by atoms with Gasteiger partial charge in [-0.3, -0.25) is 9.59 Å². The Hall–Kier alpha value is -0.810. The topological polar surface area (TPSA) is 61.4 Å². The summed E-state index contributed by atoms with van der Waals surface area (Å²) in [4.78, 5) is 25.5. The van der Waals surface area contributed by atoms with Crippen molar-refractivity contribution >= 4 is 24.2 Å². The highest BCUT2D eigenvalue weighted by Crippen LogP contribution is 2.23. The van der Waals surface area contributed by atoms with Crippen LogP contribution in [0.3, 0.4) is 0 Å². The van der Waals surface area contributed by atoms with E-state index in [2.05, 4.69) is 17.6 Å². The average molecular weight is 320 g/mol. The second kappa shape index (κ2) is 10.9. The number of nitrogens with one attached hydrogen (secondary N) is 2. The minimum atomic E-state index is -0.0983. The molecule has 1 rings (SSSR count). The normalized spacial score (nSPS) is 19.3. The van der Waals surface area contributed by atoms with Crippen LogP contribution in [0, 0.1) is 11.8 Å². The molecule has 0 aromatic carbocycles. The average Bonchev–Trinajstić information content (AvgIpc) is 2.47. The van der Waals surface area contributed by atoms with Gasteiger partial charge in [0.05, 0.1) is 6.54 Å². The van der Waals surface area contributed by atoms with Crippen LogP contribution < -0.4 is 10.6 Å². The number of nitrogens with zero attached hydrogens (tertiary/aromatic N) is 1. The second-order valence-electron chi connectivity index (χ2n) is 5.78. The summed E-state index contributed by atoms with van der Waals surface area (Å²) in [6, 6.07) is 0. The van der Waals surface area contributed by atoms with E-state index in [0.29, 0.717) is 24.8 Å². The lowest BCUT2D eigenvalue weighted by Crippen LogP contribution is -2.42. The quantitative estimate of drug-likeness (QED) is 0.746. The molecule has 0 aromatic rings. The number of piperidine rings is 1. The molecule has 0 spiro atoms. The maximum absolute atomic E-state index is 12.4. The van der Waals surface area contributed by atoms with Gasteiger partial charge < -0.3 is 15.5 Å². The second-order valence-corrected chi connectivity index (χ2v) is 5.78. The van der Waals surface area contributed by atoms with E-state index in [1.165, 1.54) is 12.8 Å². The fraction of sp³-hybridized carbons (Fsp3) is 0.867. The summed E-state index contributed by atoms with van der Waals surface area (Å²) in [5.41, 5.74) is 0. The molecule has 1 fully saturated rings. The molecule has 0 bridgehead atoms. The predicted octanol–water partition coefficient (Wildman–Crippen LogP) is 1.42. The zero-order valence-electron chi connectivity index (χ0n) is 13.5. The molecule has 6 heteroatoms. The van der Waals surface area contributed by atoms with Crippen molar-refractivity contribution < 1.29 is 9.59 Å². The highest BCUT2D eigenvalue weighted by molar-refractivity contribution is 5.85. The van der Waals surface area contributed by atoms with Crippen LogP contribution in [-0.4, -0.2) is 49.9 Å². The molecule has 1 aliphatic rings. The zero-order valence-corrected chi connectivity index (χ0v) is 14.3. The first-order valence-corrected chi connectivity index (χ1v) is 7.77. The SMILES string of the molecule is CCCN(CC(=O)NC)C(=O)CC(C)C1CCCNC1.Cl. The summed E-state index contributed by atoms with van der Waals surface area (Å²) >= 11 is 0. The van der Waals surface area contributed by atoms with Crippen molar-refractivity contribution in [3.05, 3.63) is 0 Å². The number of rotatable bonds is 7. The summed E-state index contributed by atoms with van der Waals surface area (Å²) in [6.45, 7) is 7.12. The molecule has 0 saturated carbocycles. The number of hydrogen-bond acceptors (Lipinski definition) is 3. The molecule has 1 aliphatic heterocycles. The van der Waals surface area contributed by atoms with Crippen LogP contribution in [0.5, 0.6) is 0 Å². The molecule has 2 atom stereocenters. The molecule has 1 saturated heterocycles. The third-order valence-corrected chi connectivity index (χ3v) is 4.10. The summed E-state index contributed by atoms with van der Waals surface area (Å²) in [6.07, 6.45) is 3.82. The van der Waals surface area contributed by atoms with Crippen molar-refractivity contribution in [2.75, 3.05) is 33.2 Å². The summed E-state index contributed by atoms with van der Waals surface area (Å²) in [5.74, 6) is 0.961. The third-order valence-electron chi connectivity index (χ3n) is 4.10. The van der Waals surface area contributed by atoms with Crippen LogP contribution >= 0.6 is 12.4 Å². The number of carbonyl (C=O) groups is 2. The van der Waals surface area contributed by atoms with Crippen molar-refractivity contribution in [2.45, 2.75) is 39.5 Å². The van der Waals surface area contributed by atoms with Gasteiger partial charge in [-0.1, -0.05) is 13.8 Å². The van der Waals surface area contributed by atoms with Crippen LogP contribution in [0.1, 0.15) is 39.5 Å². The number of amides is 2. The Morgan fingerprint density at radius 2 is 2.14 bits per heavy atom. The Morgan fingerprint density at radius 3 is 2.67 bits per heavy atom. The van der Waals surface area contributed by atoms with Gasteiger partial charge in [0.1, 0.15) is 0 Å². The van der Waals surface area contributed by atoms with Crippen molar-refractivity contribution in [3.8, 4) is 0 Å². The van der Waals surface area contributed by atoms with E-state index in [-0.39, 0.29) is 30.8 Å². The number of halogens is 1. The first-order chi connectivity index (χ1) is 9.58. The van der Waals surface area contributed by atoms with Crippen LogP contribution in [0.25, 0.3) is 0 Å². The van der Waals surface area contributed by atoms with Gasteiger partial charge in [-0.15, -0.1) is 12.4 Å². The van der Waals surface area contributed by atoms with Gasteiger partial charge in [0.25, 0.3) is 0 Å². The molecule has 0 aliphatic carbocycles. The first-order valence-electron chi connectivity index (χ1n) is 7.77. The minimum absolute atomic E-state index is 0. The molecule has 0 aromatic heterocycles. The first kappa shape index (κ1) is 20.2. The van der Waals surface area contributed by atoms with E-state index in [0.717, 1.165) is 19.5 Å². The predicted molar refractivity (Wildman–Crippen MR) is 87.6 cm³/mol. The van der Waals surface area contributed by atoms with E-state index < -0.39 is 0 Å². The molecular formula is C15H30ClN3O2. The van der Waals surface area contributed by atoms with Gasteiger partial charge in [0.15, 0.2) is 0 Å². The largest absolute Gasteiger partial charge is 0.358 e. The molecule has 1 heterocycles. The van der Waals surface area contributed by atoms with Gasteiger partial charge in [-0.25, -0.2) is 0 Å². The smallest absolute Gasteiger partial charge is 0.239 e. The van der Waals surface area contributed by atoms with Gasteiger partial charge in [-0.2, -0.15) is 0 Å². The summed E-state index contributed by atoms with van der Waals surface area (Å²) in [7, 11) is 1.60. The van der Waals surface area contributed by atoms with E-state index >= 15 is 0 Å². The van der Waals surface area contributed by atoms with E-state index in [9.17, 15) is 9.59 Å². The highest BCUT2D eigenvalue weighted by atomic mass is 35.5. The standard InChI is InChI=1S/C15H29N3O2.ClH/c1-4-8-18(11-14(19)16-3)15(20)9-12(2)13-6-5-7-17-10-13;/h12-13,17H,4-11H2,1-3H3,(H,16,19);1H. The maximum Gasteiger partial charge on any atom is 0.239 e. The third kappa shape index (κ3) is 7.14. The Balaban J connectivity index is 0.00000400. The van der Waals surface area contributed by atoms with Crippen LogP contribution in [0.4, 0.5) is 0 Å². The van der Waals surface area contributed by atoms with Crippen LogP contribution in [0.2, 0.25) is 0 Å². The van der Waals surface area contributed by atoms with Crippen LogP contribution in [0.15, 0.2) is 0 Å². The molecule has 2 unspecified atom stereocenters. The fourth-order valence-corrected chi connectivity index (χ4v) is 2.75. The molecular weight excluding hydrogens is 290 g/mol. The van der Waals surface area contributed by atoms with Crippen molar-refractivity contribution in [2.24, 2.45) is 11.8 Å². The Labute approximate surface area is 134 Å². The molecule has 21 heavy (non-hydrogen) atoms. The van der Waals surface area contributed by atoms with Crippen molar-refractivity contribution in [1.82, 2.24) is 15.5 Å². The van der Waals surface area contributed by atoms with E-state index in [1.54, 1.807) is 11.9 Å². The summed E-state index contributed by atoms with van der Waals surface area (Å²) in [5, 5.41) is 5.98. The molecule has 0 radical (unpaired) electrons. The van der Waals surface area contributed by atoms with E-state index in [4.69, 9.17) is 0 Å². The Bertz CT molecular complexity index is 320. The molecule has 2 N–H and O–H groups in total. The lowest BCUT2D eigenvalue weighted by atomic mass is 9.85.